The maximum absolute atomic E-state index is 13.2. The third-order valence-electron chi connectivity index (χ3n) is 3.32. The van der Waals surface area contributed by atoms with Gasteiger partial charge in [0, 0.05) is 10.7 Å². The SMILES string of the molecule is Fc1ccc2c(c1)CCC2Nc1cc(Br)cnc1Cl. The largest absolute Gasteiger partial charge is 0.376 e. The van der Waals surface area contributed by atoms with Gasteiger partial charge in [-0.3, -0.25) is 0 Å². The average molecular weight is 342 g/mol. The summed E-state index contributed by atoms with van der Waals surface area (Å²) in [5.41, 5.74) is 2.99. The predicted molar refractivity (Wildman–Crippen MR) is 78.0 cm³/mol. The summed E-state index contributed by atoms with van der Waals surface area (Å²) in [5, 5.41) is 3.82. The number of pyridine rings is 1. The number of halogens is 3. The van der Waals surface area contributed by atoms with Crippen molar-refractivity contribution in [3.05, 3.63) is 57.0 Å². The molecule has 1 N–H and O–H groups in total. The summed E-state index contributed by atoms with van der Waals surface area (Å²) < 4.78 is 14.0. The van der Waals surface area contributed by atoms with Gasteiger partial charge < -0.3 is 5.32 Å². The molecule has 0 saturated carbocycles. The Morgan fingerprint density at radius 1 is 1.37 bits per heavy atom. The van der Waals surface area contributed by atoms with Gasteiger partial charge in [-0.2, -0.15) is 0 Å². The Morgan fingerprint density at radius 2 is 2.21 bits per heavy atom. The zero-order chi connectivity index (χ0) is 13.4. The van der Waals surface area contributed by atoms with E-state index in [4.69, 9.17) is 11.6 Å². The van der Waals surface area contributed by atoms with E-state index in [-0.39, 0.29) is 11.9 Å². The molecule has 1 aliphatic carbocycles. The summed E-state index contributed by atoms with van der Waals surface area (Å²) in [7, 11) is 0. The second-order valence-electron chi connectivity index (χ2n) is 4.57. The molecular formula is C14H11BrClFN2. The van der Waals surface area contributed by atoms with Crippen LogP contribution in [0.25, 0.3) is 0 Å². The molecule has 0 fully saturated rings. The number of anilines is 1. The molecule has 1 atom stereocenters. The van der Waals surface area contributed by atoms with Crippen LogP contribution in [-0.4, -0.2) is 4.98 Å². The Hall–Kier alpha value is -1.13. The van der Waals surface area contributed by atoms with Crippen LogP contribution >= 0.6 is 27.5 Å². The summed E-state index contributed by atoms with van der Waals surface area (Å²) in [5.74, 6) is -0.179. The topological polar surface area (TPSA) is 24.9 Å². The molecule has 1 aliphatic rings. The van der Waals surface area contributed by atoms with E-state index in [9.17, 15) is 4.39 Å². The van der Waals surface area contributed by atoms with Crippen molar-refractivity contribution in [2.75, 3.05) is 5.32 Å². The van der Waals surface area contributed by atoms with Crippen molar-refractivity contribution in [2.45, 2.75) is 18.9 Å². The van der Waals surface area contributed by atoms with Crippen molar-refractivity contribution in [3.8, 4) is 0 Å². The summed E-state index contributed by atoms with van der Waals surface area (Å²) in [6.45, 7) is 0. The van der Waals surface area contributed by atoms with Crippen molar-refractivity contribution in [2.24, 2.45) is 0 Å². The maximum atomic E-state index is 13.2. The Bertz CT molecular complexity index is 633. The first-order chi connectivity index (χ1) is 9.13. The highest BCUT2D eigenvalue weighted by molar-refractivity contribution is 9.10. The molecule has 0 amide bonds. The first-order valence-corrected chi connectivity index (χ1v) is 7.16. The smallest absolute Gasteiger partial charge is 0.152 e. The Kier molecular flexibility index (Phi) is 3.46. The van der Waals surface area contributed by atoms with Gasteiger partial charge in [0.2, 0.25) is 0 Å². The molecule has 0 radical (unpaired) electrons. The number of nitrogens with zero attached hydrogens (tertiary/aromatic N) is 1. The van der Waals surface area contributed by atoms with Gasteiger partial charge >= 0.3 is 0 Å². The molecule has 2 aromatic rings. The third kappa shape index (κ3) is 2.60. The van der Waals surface area contributed by atoms with Crippen LogP contribution in [0, 0.1) is 5.82 Å². The van der Waals surface area contributed by atoms with E-state index in [2.05, 4.69) is 26.2 Å². The molecule has 19 heavy (non-hydrogen) atoms. The van der Waals surface area contributed by atoms with E-state index in [0.29, 0.717) is 5.15 Å². The molecule has 0 bridgehead atoms. The molecule has 2 nitrogen and oxygen atoms in total. The highest BCUT2D eigenvalue weighted by Crippen LogP contribution is 2.36. The van der Waals surface area contributed by atoms with Gasteiger partial charge in [0.05, 0.1) is 11.7 Å². The van der Waals surface area contributed by atoms with Gasteiger partial charge in [0.25, 0.3) is 0 Å². The van der Waals surface area contributed by atoms with Crippen LogP contribution in [0.3, 0.4) is 0 Å². The second kappa shape index (κ2) is 5.10. The standard InChI is InChI=1S/C14H11BrClFN2/c15-9-6-13(14(16)18-7-9)19-12-4-1-8-5-10(17)2-3-11(8)12/h2-3,5-7,12,19H,1,4H2. The zero-order valence-electron chi connectivity index (χ0n) is 9.96. The fraction of sp³-hybridized carbons (Fsp3) is 0.214. The lowest BCUT2D eigenvalue weighted by Gasteiger charge is -2.16. The summed E-state index contributed by atoms with van der Waals surface area (Å²) in [4.78, 5) is 4.09. The number of nitrogens with one attached hydrogen (secondary N) is 1. The van der Waals surface area contributed by atoms with E-state index < -0.39 is 0 Å². The lowest BCUT2D eigenvalue weighted by atomic mass is 10.1. The first-order valence-electron chi connectivity index (χ1n) is 5.99. The molecule has 3 rings (SSSR count). The Morgan fingerprint density at radius 3 is 3.05 bits per heavy atom. The molecule has 0 saturated heterocycles. The minimum atomic E-state index is -0.179. The van der Waals surface area contributed by atoms with E-state index in [0.717, 1.165) is 34.1 Å². The molecule has 1 aromatic heterocycles. The van der Waals surface area contributed by atoms with Crippen molar-refractivity contribution in [1.29, 1.82) is 0 Å². The maximum Gasteiger partial charge on any atom is 0.152 e. The molecular weight excluding hydrogens is 331 g/mol. The molecule has 0 aliphatic heterocycles. The van der Waals surface area contributed by atoms with Gasteiger partial charge in [0.1, 0.15) is 5.82 Å². The fourth-order valence-corrected chi connectivity index (χ4v) is 2.94. The average Bonchev–Trinajstić information content (AvgIpc) is 2.76. The number of hydrogen-bond donors (Lipinski definition) is 1. The number of fused-ring (bicyclic) bond motifs is 1. The molecule has 1 unspecified atom stereocenters. The highest BCUT2D eigenvalue weighted by Gasteiger charge is 2.23. The quantitative estimate of drug-likeness (QED) is 0.798. The molecule has 98 valence electrons. The van der Waals surface area contributed by atoms with Crippen molar-refractivity contribution < 1.29 is 4.39 Å². The monoisotopic (exact) mass is 340 g/mol. The van der Waals surface area contributed by atoms with Gasteiger partial charge in [-0.05, 0) is 58.1 Å². The van der Waals surface area contributed by atoms with Crippen LogP contribution in [0.2, 0.25) is 5.15 Å². The molecule has 0 spiro atoms. The van der Waals surface area contributed by atoms with Crippen LogP contribution in [0.1, 0.15) is 23.6 Å². The normalized spacial score (nSPS) is 17.3. The van der Waals surface area contributed by atoms with Crippen LogP contribution in [0.15, 0.2) is 34.9 Å². The number of rotatable bonds is 2. The van der Waals surface area contributed by atoms with Gasteiger partial charge in [-0.1, -0.05) is 17.7 Å². The van der Waals surface area contributed by atoms with Crippen LogP contribution in [0.5, 0.6) is 0 Å². The lowest BCUT2D eigenvalue weighted by molar-refractivity contribution is 0.626. The number of aromatic nitrogens is 1. The molecule has 1 heterocycles. The number of benzene rings is 1. The van der Waals surface area contributed by atoms with E-state index >= 15 is 0 Å². The van der Waals surface area contributed by atoms with Crippen molar-refractivity contribution in [1.82, 2.24) is 4.98 Å². The number of aryl methyl sites for hydroxylation is 1. The van der Waals surface area contributed by atoms with E-state index in [1.54, 1.807) is 12.3 Å². The fourth-order valence-electron chi connectivity index (χ4n) is 2.45. The Labute approximate surface area is 124 Å². The minimum absolute atomic E-state index is 0.157. The second-order valence-corrected chi connectivity index (χ2v) is 5.84. The summed E-state index contributed by atoms with van der Waals surface area (Å²) >= 11 is 9.45. The third-order valence-corrected chi connectivity index (χ3v) is 4.05. The first kappa shape index (κ1) is 12.9. The van der Waals surface area contributed by atoms with Gasteiger partial charge in [0.15, 0.2) is 5.15 Å². The van der Waals surface area contributed by atoms with Crippen molar-refractivity contribution >= 4 is 33.2 Å². The molecule has 5 heteroatoms. The summed E-state index contributed by atoms with van der Waals surface area (Å²) in [6, 6.07) is 7.01. The summed E-state index contributed by atoms with van der Waals surface area (Å²) in [6.07, 6.45) is 3.47. The van der Waals surface area contributed by atoms with Crippen molar-refractivity contribution in [3.63, 3.8) is 0 Å². The van der Waals surface area contributed by atoms with E-state index in [1.165, 1.54) is 6.07 Å². The van der Waals surface area contributed by atoms with Gasteiger partial charge in [-0.25, -0.2) is 9.37 Å². The predicted octanol–water partition coefficient (Wildman–Crippen LogP) is 4.74. The highest BCUT2D eigenvalue weighted by atomic mass is 79.9. The van der Waals surface area contributed by atoms with Crippen LogP contribution in [-0.2, 0) is 6.42 Å². The lowest BCUT2D eigenvalue weighted by Crippen LogP contribution is -2.08. The van der Waals surface area contributed by atoms with Crippen LogP contribution in [0.4, 0.5) is 10.1 Å². The number of hydrogen-bond acceptors (Lipinski definition) is 2. The van der Waals surface area contributed by atoms with E-state index in [1.807, 2.05) is 12.1 Å². The minimum Gasteiger partial charge on any atom is -0.376 e. The Balaban J connectivity index is 1.88. The van der Waals surface area contributed by atoms with Crippen LogP contribution < -0.4 is 5.32 Å². The van der Waals surface area contributed by atoms with Gasteiger partial charge in [-0.15, -0.1) is 0 Å². The zero-order valence-corrected chi connectivity index (χ0v) is 12.3. The molecule has 1 aromatic carbocycles.